The van der Waals surface area contributed by atoms with Crippen molar-refractivity contribution >= 4 is 0 Å². The molecule has 2 aliphatic rings. The predicted octanol–water partition coefficient (Wildman–Crippen LogP) is 0.797. The summed E-state index contributed by atoms with van der Waals surface area (Å²) in [4.78, 5) is 2.52. The molecule has 100 valence electrons. The van der Waals surface area contributed by atoms with Crippen LogP contribution in [-0.4, -0.2) is 44.8 Å². The first kappa shape index (κ1) is 12.1. The van der Waals surface area contributed by atoms with Crippen LogP contribution < -0.4 is 5.32 Å². The van der Waals surface area contributed by atoms with Gasteiger partial charge in [-0.25, -0.2) is 0 Å². The van der Waals surface area contributed by atoms with Crippen LogP contribution in [0.25, 0.3) is 0 Å². The molecule has 3 rings (SSSR count). The molecule has 1 aromatic rings. The minimum atomic E-state index is 0.574. The fourth-order valence-corrected chi connectivity index (χ4v) is 2.98. The molecule has 0 saturated carbocycles. The van der Waals surface area contributed by atoms with Crippen LogP contribution in [0, 0.1) is 0 Å². The van der Waals surface area contributed by atoms with Gasteiger partial charge in [-0.1, -0.05) is 0 Å². The number of piperazine rings is 1. The summed E-state index contributed by atoms with van der Waals surface area (Å²) < 4.78 is 2.34. The molecular formula is C13H23N5. The molecule has 0 bridgehead atoms. The molecular weight excluding hydrogens is 226 g/mol. The Hall–Kier alpha value is -0.940. The van der Waals surface area contributed by atoms with Gasteiger partial charge in [-0.05, 0) is 26.7 Å². The van der Waals surface area contributed by atoms with Gasteiger partial charge in [-0.3, -0.25) is 4.90 Å². The van der Waals surface area contributed by atoms with Crippen LogP contribution in [0.4, 0.5) is 0 Å². The normalized spacial score (nSPS) is 29.2. The van der Waals surface area contributed by atoms with Gasteiger partial charge in [0.2, 0.25) is 0 Å². The maximum atomic E-state index is 4.40. The molecule has 2 atom stereocenters. The molecule has 1 saturated heterocycles. The number of hydrogen-bond acceptors (Lipinski definition) is 4. The summed E-state index contributed by atoms with van der Waals surface area (Å²) in [6.07, 6.45) is 3.63. The van der Waals surface area contributed by atoms with Crippen molar-refractivity contribution in [3.8, 4) is 0 Å². The van der Waals surface area contributed by atoms with E-state index in [1.807, 2.05) is 0 Å². The fourth-order valence-electron chi connectivity index (χ4n) is 2.98. The predicted molar refractivity (Wildman–Crippen MR) is 70.3 cm³/mol. The van der Waals surface area contributed by atoms with E-state index in [0.29, 0.717) is 12.1 Å². The van der Waals surface area contributed by atoms with Crippen LogP contribution in [-0.2, 0) is 19.5 Å². The molecule has 18 heavy (non-hydrogen) atoms. The standard InChI is InChI=1S/C13H23N5/c1-10-8-17(11(2)7-14-10)9-13-16-15-12-5-3-4-6-18(12)13/h10-11,14H,3-9H2,1-2H3. The van der Waals surface area contributed by atoms with Crippen LogP contribution in [0.1, 0.15) is 38.3 Å². The lowest BCUT2D eigenvalue weighted by atomic mass is 10.1. The van der Waals surface area contributed by atoms with Crippen molar-refractivity contribution in [3.63, 3.8) is 0 Å². The number of fused-ring (bicyclic) bond motifs is 1. The van der Waals surface area contributed by atoms with Crippen molar-refractivity contribution < 1.29 is 0 Å². The van der Waals surface area contributed by atoms with E-state index in [4.69, 9.17) is 0 Å². The fraction of sp³-hybridized carbons (Fsp3) is 0.846. The monoisotopic (exact) mass is 249 g/mol. The van der Waals surface area contributed by atoms with E-state index < -0.39 is 0 Å². The van der Waals surface area contributed by atoms with Gasteiger partial charge in [0.25, 0.3) is 0 Å². The molecule has 2 unspecified atom stereocenters. The third kappa shape index (κ3) is 2.29. The molecule has 0 aromatic carbocycles. The Bertz CT molecular complexity index is 414. The van der Waals surface area contributed by atoms with E-state index >= 15 is 0 Å². The molecule has 0 amide bonds. The molecule has 0 radical (unpaired) electrons. The Morgan fingerprint density at radius 1 is 1.28 bits per heavy atom. The summed E-state index contributed by atoms with van der Waals surface area (Å²) in [5.41, 5.74) is 0. The quantitative estimate of drug-likeness (QED) is 0.842. The SMILES string of the molecule is CC1CN(Cc2nnc3n2CCCC3)C(C)CN1. The molecule has 1 fully saturated rings. The number of aromatic nitrogens is 3. The van der Waals surface area contributed by atoms with Crippen molar-refractivity contribution in [1.82, 2.24) is 25.0 Å². The van der Waals surface area contributed by atoms with Crippen molar-refractivity contribution in [3.05, 3.63) is 11.6 Å². The van der Waals surface area contributed by atoms with E-state index in [0.717, 1.165) is 38.4 Å². The lowest BCUT2D eigenvalue weighted by Gasteiger charge is -2.37. The Morgan fingerprint density at radius 3 is 3.06 bits per heavy atom. The van der Waals surface area contributed by atoms with Gasteiger partial charge in [0, 0.05) is 38.1 Å². The number of nitrogens with one attached hydrogen (secondary N) is 1. The number of rotatable bonds is 2. The summed E-state index contributed by atoms with van der Waals surface area (Å²) in [7, 11) is 0. The largest absolute Gasteiger partial charge is 0.314 e. The van der Waals surface area contributed by atoms with Gasteiger partial charge in [-0.15, -0.1) is 10.2 Å². The van der Waals surface area contributed by atoms with Gasteiger partial charge in [0.1, 0.15) is 11.6 Å². The summed E-state index contributed by atoms with van der Waals surface area (Å²) in [6, 6.07) is 1.16. The molecule has 5 heteroatoms. The third-order valence-corrected chi connectivity index (χ3v) is 4.17. The Labute approximate surface area is 109 Å². The molecule has 0 spiro atoms. The molecule has 5 nitrogen and oxygen atoms in total. The number of hydrogen-bond donors (Lipinski definition) is 1. The topological polar surface area (TPSA) is 46.0 Å². The average Bonchev–Trinajstić information content (AvgIpc) is 2.78. The lowest BCUT2D eigenvalue weighted by Crippen LogP contribution is -2.54. The van der Waals surface area contributed by atoms with E-state index in [-0.39, 0.29) is 0 Å². The molecule has 2 aliphatic heterocycles. The molecule has 3 heterocycles. The summed E-state index contributed by atoms with van der Waals surface area (Å²) in [5, 5.41) is 12.3. The maximum Gasteiger partial charge on any atom is 0.147 e. The van der Waals surface area contributed by atoms with Crippen LogP contribution in [0.5, 0.6) is 0 Å². The first-order valence-corrected chi connectivity index (χ1v) is 7.12. The summed E-state index contributed by atoms with van der Waals surface area (Å²) in [6.45, 7) is 8.75. The highest BCUT2D eigenvalue weighted by Gasteiger charge is 2.25. The van der Waals surface area contributed by atoms with Crippen LogP contribution in [0.3, 0.4) is 0 Å². The smallest absolute Gasteiger partial charge is 0.147 e. The van der Waals surface area contributed by atoms with Crippen LogP contribution in [0.2, 0.25) is 0 Å². The Morgan fingerprint density at radius 2 is 2.17 bits per heavy atom. The zero-order valence-corrected chi connectivity index (χ0v) is 11.4. The van der Waals surface area contributed by atoms with Gasteiger partial charge >= 0.3 is 0 Å². The van der Waals surface area contributed by atoms with Crippen molar-refractivity contribution in [2.24, 2.45) is 0 Å². The van der Waals surface area contributed by atoms with Crippen LogP contribution in [0.15, 0.2) is 0 Å². The zero-order valence-electron chi connectivity index (χ0n) is 11.4. The molecule has 0 aliphatic carbocycles. The van der Waals surface area contributed by atoms with Gasteiger partial charge < -0.3 is 9.88 Å². The minimum absolute atomic E-state index is 0.574. The van der Waals surface area contributed by atoms with Gasteiger partial charge in [-0.2, -0.15) is 0 Å². The summed E-state index contributed by atoms with van der Waals surface area (Å²) >= 11 is 0. The van der Waals surface area contributed by atoms with Crippen molar-refractivity contribution in [2.45, 2.75) is 58.3 Å². The zero-order chi connectivity index (χ0) is 12.5. The van der Waals surface area contributed by atoms with Crippen LogP contribution >= 0.6 is 0 Å². The highest BCUT2D eigenvalue weighted by molar-refractivity contribution is 5.00. The number of nitrogens with zero attached hydrogens (tertiary/aromatic N) is 4. The third-order valence-electron chi connectivity index (χ3n) is 4.17. The first-order valence-electron chi connectivity index (χ1n) is 7.12. The van der Waals surface area contributed by atoms with Crippen molar-refractivity contribution in [1.29, 1.82) is 0 Å². The average molecular weight is 249 g/mol. The lowest BCUT2D eigenvalue weighted by molar-refractivity contribution is 0.133. The maximum absolute atomic E-state index is 4.40. The van der Waals surface area contributed by atoms with E-state index in [9.17, 15) is 0 Å². The Kier molecular flexibility index (Phi) is 3.35. The van der Waals surface area contributed by atoms with Crippen molar-refractivity contribution in [2.75, 3.05) is 13.1 Å². The van der Waals surface area contributed by atoms with E-state index in [1.165, 1.54) is 18.7 Å². The van der Waals surface area contributed by atoms with E-state index in [2.05, 4.69) is 38.8 Å². The summed E-state index contributed by atoms with van der Waals surface area (Å²) in [5.74, 6) is 2.35. The minimum Gasteiger partial charge on any atom is -0.314 e. The van der Waals surface area contributed by atoms with Gasteiger partial charge in [0.15, 0.2) is 0 Å². The number of aryl methyl sites for hydroxylation is 1. The highest BCUT2D eigenvalue weighted by atomic mass is 15.3. The second kappa shape index (κ2) is 4.97. The van der Waals surface area contributed by atoms with E-state index in [1.54, 1.807) is 0 Å². The second-order valence-electron chi connectivity index (χ2n) is 5.73. The van der Waals surface area contributed by atoms with Gasteiger partial charge in [0.05, 0.1) is 6.54 Å². The molecule has 1 aromatic heterocycles. The highest BCUT2D eigenvalue weighted by Crippen LogP contribution is 2.17. The molecule has 1 N–H and O–H groups in total. The second-order valence-corrected chi connectivity index (χ2v) is 5.73. The Balaban J connectivity index is 1.73. The first-order chi connectivity index (χ1) is 8.74.